The zero-order valence-electron chi connectivity index (χ0n) is 13.3. The average molecular weight is 408 g/mol. The molecule has 11 heteroatoms. The fraction of sp³-hybridized carbons (Fsp3) is 0.0667. The van der Waals surface area contributed by atoms with Gasteiger partial charge in [0.1, 0.15) is 5.51 Å². The van der Waals surface area contributed by atoms with Gasteiger partial charge in [-0.2, -0.15) is 0 Å². The van der Waals surface area contributed by atoms with E-state index in [9.17, 15) is 18.5 Å². The molecule has 1 heterocycles. The number of anilines is 1. The third-order valence-electron chi connectivity index (χ3n) is 3.34. The Kier molecular flexibility index (Phi) is 5.20. The van der Waals surface area contributed by atoms with Crippen LogP contribution in [0.25, 0.3) is 0 Å². The van der Waals surface area contributed by atoms with Crippen molar-refractivity contribution in [2.45, 2.75) is 21.1 Å². The molecule has 0 fully saturated rings. The van der Waals surface area contributed by atoms with Crippen molar-refractivity contribution in [3.63, 3.8) is 0 Å². The van der Waals surface area contributed by atoms with E-state index >= 15 is 0 Å². The van der Waals surface area contributed by atoms with Gasteiger partial charge in [0.25, 0.3) is 15.7 Å². The Labute approximate surface area is 157 Å². The van der Waals surface area contributed by atoms with Crippen molar-refractivity contribution in [3.05, 3.63) is 63.7 Å². The van der Waals surface area contributed by atoms with Crippen LogP contribution in [0.4, 0.5) is 11.4 Å². The Bertz CT molecular complexity index is 1040. The molecule has 1 aromatic heterocycles. The molecule has 0 radical (unpaired) electrons. The molecule has 8 nitrogen and oxygen atoms in total. The van der Waals surface area contributed by atoms with Gasteiger partial charge in [-0.05, 0) is 37.3 Å². The maximum atomic E-state index is 12.5. The summed E-state index contributed by atoms with van der Waals surface area (Å²) in [5, 5.41) is 18.7. The molecule has 0 aliphatic rings. The van der Waals surface area contributed by atoms with Crippen LogP contribution < -0.4 is 4.72 Å². The minimum atomic E-state index is -3.93. The zero-order chi connectivity index (χ0) is 18.7. The lowest BCUT2D eigenvalue weighted by Gasteiger charge is -2.09. The fourth-order valence-electron chi connectivity index (χ4n) is 2.07. The molecule has 0 saturated carbocycles. The first-order valence-electron chi connectivity index (χ1n) is 7.17. The summed E-state index contributed by atoms with van der Waals surface area (Å²) in [6, 6.07) is 10.5. The third kappa shape index (κ3) is 4.18. The molecule has 0 bridgehead atoms. The van der Waals surface area contributed by atoms with Gasteiger partial charge in [0.05, 0.1) is 9.82 Å². The Morgan fingerprint density at radius 1 is 1.19 bits per heavy atom. The zero-order valence-corrected chi connectivity index (χ0v) is 15.8. The molecule has 3 rings (SSSR count). The Hall–Kier alpha value is -2.50. The van der Waals surface area contributed by atoms with Gasteiger partial charge >= 0.3 is 0 Å². The summed E-state index contributed by atoms with van der Waals surface area (Å²) in [6.07, 6.45) is 0. The van der Waals surface area contributed by atoms with Crippen molar-refractivity contribution in [3.8, 4) is 0 Å². The van der Waals surface area contributed by atoms with Crippen molar-refractivity contribution in [2.24, 2.45) is 0 Å². The lowest BCUT2D eigenvalue weighted by molar-refractivity contribution is -0.385. The van der Waals surface area contributed by atoms with Crippen LogP contribution in [0.5, 0.6) is 0 Å². The predicted molar refractivity (Wildman–Crippen MR) is 99.1 cm³/mol. The summed E-state index contributed by atoms with van der Waals surface area (Å²) in [4.78, 5) is 11.1. The van der Waals surface area contributed by atoms with Gasteiger partial charge in [-0.25, -0.2) is 8.42 Å². The fourth-order valence-corrected chi connectivity index (χ4v) is 4.60. The van der Waals surface area contributed by atoms with Gasteiger partial charge in [-0.3, -0.25) is 14.8 Å². The summed E-state index contributed by atoms with van der Waals surface area (Å²) in [5.41, 5.74) is 2.14. The molecule has 0 atom stereocenters. The smallest absolute Gasteiger partial charge is 0.273 e. The third-order valence-corrected chi connectivity index (χ3v) is 6.50. The molecule has 0 saturated heterocycles. The maximum absolute atomic E-state index is 12.5. The maximum Gasteiger partial charge on any atom is 0.273 e. The number of hydrogen-bond donors (Lipinski definition) is 1. The summed E-state index contributed by atoms with van der Waals surface area (Å²) in [6.45, 7) is 1.55. The van der Waals surface area contributed by atoms with Crippen LogP contribution in [0.1, 0.15) is 5.56 Å². The first-order chi connectivity index (χ1) is 12.3. The second kappa shape index (κ2) is 7.40. The SMILES string of the molecule is Cc1ccc(S(=O)(=O)Nc2ccc(Sc3nncs3)cc2)cc1[N+](=O)[O-]. The van der Waals surface area contributed by atoms with E-state index in [0.29, 0.717) is 11.3 Å². The molecule has 0 unspecified atom stereocenters. The number of hydrogen-bond acceptors (Lipinski definition) is 8. The van der Waals surface area contributed by atoms with Crippen molar-refractivity contribution in [1.29, 1.82) is 0 Å². The van der Waals surface area contributed by atoms with E-state index < -0.39 is 14.9 Å². The molecule has 0 aliphatic carbocycles. The van der Waals surface area contributed by atoms with Crippen molar-refractivity contribution >= 4 is 44.5 Å². The number of nitro groups is 1. The number of nitrogens with zero attached hydrogens (tertiary/aromatic N) is 3. The Morgan fingerprint density at radius 3 is 2.54 bits per heavy atom. The van der Waals surface area contributed by atoms with Crippen LogP contribution in [0.2, 0.25) is 0 Å². The number of rotatable bonds is 6. The number of sulfonamides is 1. The highest BCUT2D eigenvalue weighted by atomic mass is 32.2. The van der Waals surface area contributed by atoms with Gasteiger partial charge < -0.3 is 0 Å². The lowest BCUT2D eigenvalue weighted by Crippen LogP contribution is -2.13. The minimum absolute atomic E-state index is 0.165. The standard InChI is InChI=1S/C15H12N4O4S3/c1-10-2-7-13(8-14(10)19(20)21)26(22,23)18-11-3-5-12(6-4-11)25-15-17-16-9-24-15/h2-9,18H,1H3. The molecule has 0 aliphatic heterocycles. The first kappa shape index (κ1) is 18.3. The normalized spacial score (nSPS) is 11.3. The summed E-state index contributed by atoms with van der Waals surface area (Å²) >= 11 is 2.83. The molecule has 0 amide bonds. The van der Waals surface area contributed by atoms with Crippen LogP contribution in [0, 0.1) is 17.0 Å². The highest BCUT2D eigenvalue weighted by Crippen LogP contribution is 2.30. The van der Waals surface area contributed by atoms with Crippen molar-refractivity contribution in [2.75, 3.05) is 4.72 Å². The van der Waals surface area contributed by atoms with Crippen LogP contribution >= 0.6 is 23.1 Å². The molecule has 2 aromatic carbocycles. The van der Waals surface area contributed by atoms with E-state index in [2.05, 4.69) is 14.9 Å². The summed E-state index contributed by atoms with van der Waals surface area (Å²) in [5.74, 6) is 0. The number of nitrogens with one attached hydrogen (secondary N) is 1. The van der Waals surface area contributed by atoms with E-state index in [1.165, 1.54) is 35.2 Å². The first-order valence-corrected chi connectivity index (χ1v) is 10.3. The average Bonchev–Trinajstić information content (AvgIpc) is 3.09. The predicted octanol–water partition coefficient (Wildman–Crippen LogP) is 3.71. The number of nitro benzene ring substituents is 1. The van der Waals surface area contributed by atoms with Crippen molar-refractivity contribution in [1.82, 2.24) is 10.2 Å². The highest BCUT2D eigenvalue weighted by Gasteiger charge is 2.20. The van der Waals surface area contributed by atoms with Crippen LogP contribution in [-0.4, -0.2) is 23.5 Å². The summed E-state index contributed by atoms with van der Waals surface area (Å²) in [7, 11) is -3.93. The topological polar surface area (TPSA) is 115 Å². The van der Waals surface area contributed by atoms with Crippen LogP contribution in [0.15, 0.2) is 62.1 Å². The highest BCUT2D eigenvalue weighted by molar-refractivity contribution is 8.01. The number of benzene rings is 2. The van der Waals surface area contributed by atoms with E-state index in [-0.39, 0.29) is 10.6 Å². The van der Waals surface area contributed by atoms with E-state index in [0.717, 1.165) is 15.3 Å². The van der Waals surface area contributed by atoms with E-state index in [1.807, 2.05) is 0 Å². The van der Waals surface area contributed by atoms with Crippen molar-refractivity contribution < 1.29 is 13.3 Å². The van der Waals surface area contributed by atoms with Gasteiger partial charge in [-0.15, -0.1) is 10.2 Å². The minimum Gasteiger partial charge on any atom is -0.280 e. The quantitative estimate of drug-likeness (QED) is 0.488. The molecular weight excluding hydrogens is 396 g/mol. The van der Waals surface area contributed by atoms with Gasteiger partial charge in [0.2, 0.25) is 0 Å². The van der Waals surface area contributed by atoms with Crippen LogP contribution in [0.3, 0.4) is 0 Å². The van der Waals surface area contributed by atoms with Gasteiger partial charge in [0, 0.05) is 22.2 Å². The molecule has 1 N–H and O–H groups in total. The molecule has 26 heavy (non-hydrogen) atoms. The number of aromatic nitrogens is 2. The largest absolute Gasteiger partial charge is 0.280 e. The van der Waals surface area contributed by atoms with Gasteiger partial charge in [0.15, 0.2) is 4.34 Å². The second-order valence-corrected chi connectivity index (χ2v) is 8.98. The summed E-state index contributed by atoms with van der Waals surface area (Å²) < 4.78 is 28.2. The second-order valence-electron chi connectivity index (χ2n) is 5.14. The molecule has 3 aromatic rings. The molecule has 0 spiro atoms. The van der Waals surface area contributed by atoms with Crippen LogP contribution in [-0.2, 0) is 10.0 Å². The van der Waals surface area contributed by atoms with E-state index in [4.69, 9.17) is 0 Å². The lowest BCUT2D eigenvalue weighted by atomic mass is 10.2. The molecule has 134 valence electrons. The monoisotopic (exact) mass is 408 g/mol. The van der Waals surface area contributed by atoms with E-state index in [1.54, 1.807) is 36.7 Å². The van der Waals surface area contributed by atoms with Gasteiger partial charge in [-0.1, -0.05) is 29.2 Å². The molecular formula is C15H12N4O4S3. The Morgan fingerprint density at radius 2 is 1.92 bits per heavy atom. The number of aryl methyl sites for hydroxylation is 1. The Balaban J connectivity index is 1.79.